The van der Waals surface area contributed by atoms with Gasteiger partial charge in [-0.3, -0.25) is 4.79 Å². The fourth-order valence-electron chi connectivity index (χ4n) is 2.73. The molecule has 0 aromatic heterocycles. The second-order valence-corrected chi connectivity index (χ2v) is 6.71. The Labute approximate surface area is 171 Å². The maximum Gasteiger partial charge on any atom is 0.356 e. The number of ketones is 1. The molecular weight excluding hydrogens is 405 g/mol. The van der Waals surface area contributed by atoms with E-state index >= 15 is 0 Å². The van der Waals surface area contributed by atoms with E-state index in [0.717, 1.165) is 5.56 Å². The van der Waals surface area contributed by atoms with E-state index in [1.807, 2.05) is 0 Å². The number of carbonyl (C=O) groups is 3. The Morgan fingerprint density at radius 1 is 1.11 bits per heavy atom. The molecule has 8 heteroatoms. The topological polar surface area (TPSA) is 81.7 Å². The number of nitrogens with one attached hydrogen (secondary N) is 1. The first-order valence-electron chi connectivity index (χ1n) is 8.23. The zero-order valence-corrected chi connectivity index (χ0v) is 16.2. The third-order valence-corrected chi connectivity index (χ3v) is 4.85. The number of Topliss-reactive ketones (excluding diaryl/α,β-unsaturated/α-hetero) is 1. The van der Waals surface area contributed by atoms with Gasteiger partial charge in [0.25, 0.3) is 0 Å². The number of rotatable bonds is 6. The number of benzene rings is 2. The number of ether oxygens (including phenoxy) is 2. The van der Waals surface area contributed by atoms with Crippen LogP contribution in [0.4, 0.5) is 0 Å². The summed E-state index contributed by atoms with van der Waals surface area (Å²) in [5.41, 5.74) is 0.748. The van der Waals surface area contributed by atoms with Crippen molar-refractivity contribution in [2.45, 2.75) is 12.6 Å². The maximum atomic E-state index is 12.7. The summed E-state index contributed by atoms with van der Waals surface area (Å²) in [6, 6.07) is 13.2. The van der Waals surface area contributed by atoms with E-state index in [2.05, 4.69) is 5.32 Å². The van der Waals surface area contributed by atoms with Crippen molar-refractivity contribution >= 4 is 40.9 Å². The molecule has 1 unspecified atom stereocenters. The maximum absolute atomic E-state index is 12.7. The highest BCUT2D eigenvalue weighted by molar-refractivity contribution is 6.42. The van der Waals surface area contributed by atoms with E-state index in [1.54, 1.807) is 48.5 Å². The van der Waals surface area contributed by atoms with E-state index in [0.29, 0.717) is 15.6 Å². The summed E-state index contributed by atoms with van der Waals surface area (Å²) in [5, 5.41) is 3.60. The molecule has 1 N–H and O–H groups in total. The predicted molar refractivity (Wildman–Crippen MR) is 103 cm³/mol. The van der Waals surface area contributed by atoms with Gasteiger partial charge in [-0.05, 0) is 17.7 Å². The minimum absolute atomic E-state index is 0.118. The van der Waals surface area contributed by atoms with Gasteiger partial charge in [0.15, 0.2) is 6.10 Å². The third-order valence-electron chi connectivity index (χ3n) is 4.12. The summed E-state index contributed by atoms with van der Waals surface area (Å²) in [5.74, 6) is -2.15. The van der Waals surface area contributed by atoms with Crippen LogP contribution >= 0.6 is 23.2 Å². The SMILES string of the molecule is COC(=O)C1=C(NCc2ccc(Cl)c(Cl)c2)C(=O)OC1C(=O)c1ccccc1. The molecule has 0 spiro atoms. The molecule has 2 aromatic carbocycles. The number of cyclic esters (lactones) is 1. The fourth-order valence-corrected chi connectivity index (χ4v) is 3.05. The molecule has 0 saturated heterocycles. The number of halogens is 2. The molecular formula is C20H15Cl2NO5. The molecule has 0 fully saturated rings. The van der Waals surface area contributed by atoms with Crippen molar-refractivity contribution in [2.75, 3.05) is 7.11 Å². The van der Waals surface area contributed by atoms with Crippen LogP contribution in [0.1, 0.15) is 15.9 Å². The molecule has 1 aliphatic heterocycles. The summed E-state index contributed by atoms with van der Waals surface area (Å²) in [4.78, 5) is 37.4. The lowest BCUT2D eigenvalue weighted by Crippen LogP contribution is -2.28. The van der Waals surface area contributed by atoms with Crippen molar-refractivity contribution < 1.29 is 23.9 Å². The number of methoxy groups -OCH3 is 1. The van der Waals surface area contributed by atoms with Crippen molar-refractivity contribution in [1.82, 2.24) is 5.32 Å². The molecule has 1 atom stereocenters. The first kappa shape index (κ1) is 19.9. The lowest BCUT2D eigenvalue weighted by molar-refractivity contribution is -0.139. The zero-order valence-electron chi connectivity index (χ0n) is 14.7. The molecule has 6 nitrogen and oxygen atoms in total. The van der Waals surface area contributed by atoms with Crippen molar-refractivity contribution in [3.05, 3.63) is 81.0 Å². The second kappa shape index (κ2) is 8.46. The van der Waals surface area contributed by atoms with Crippen LogP contribution in [0.2, 0.25) is 10.0 Å². The van der Waals surface area contributed by atoms with Crippen LogP contribution in [-0.2, 0) is 25.6 Å². The van der Waals surface area contributed by atoms with Crippen molar-refractivity contribution in [1.29, 1.82) is 0 Å². The van der Waals surface area contributed by atoms with E-state index in [-0.39, 0.29) is 17.8 Å². The van der Waals surface area contributed by atoms with Crippen LogP contribution in [0.25, 0.3) is 0 Å². The zero-order chi connectivity index (χ0) is 20.3. The van der Waals surface area contributed by atoms with Gasteiger partial charge in [0, 0.05) is 12.1 Å². The minimum Gasteiger partial charge on any atom is -0.465 e. The number of esters is 2. The van der Waals surface area contributed by atoms with Crippen LogP contribution < -0.4 is 5.32 Å². The molecule has 0 aliphatic carbocycles. The van der Waals surface area contributed by atoms with E-state index in [4.69, 9.17) is 32.7 Å². The Bertz CT molecular complexity index is 972. The van der Waals surface area contributed by atoms with Gasteiger partial charge < -0.3 is 14.8 Å². The van der Waals surface area contributed by atoms with Crippen molar-refractivity contribution in [3.8, 4) is 0 Å². The van der Waals surface area contributed by atoms with Gasteiger partial charge in [-0.25, -0.2) is 9.59 Å². The fraction of sp³-hybridized carbons (Fsp3) is 0.150. The van der Waals surface area contributed by atoms with E-state index in [1.165, 1.54) is 7.11 Å². The summed E-state index contributed by atoms with van der Waals surface area (Å²) in [6.07, 6.45) is -1.38. The summed E-state index contributed by atoms with van der Waals surface area (Å²) >= 11 is 11.9. The molecule has 0 bridgehead atoms. The summed E-state index contributed by atoms with van der Waals surface area (Å²) < 4.78 is 9.94. The Balaban J connectivity index is 1.90. The van der Waals surface area contributed by atoms with Gasteiger partial charge in [0.1, 0.15) is 11.3 Å². The van der Waals surface area contributed by atoms with Crippen LogP contribution in [-0.4, -0.2) is 30.9 Å². The first-order valence-corrected chi connectivity index (χ1v) is 8.98. The molecule has 28 heavy (non-hydrogen) atoms. The molecule has 0 radical (unpaired) electrons. The molecule has 144 valence electrons. The Morgan fingerprint density at radius 2 is 1.82 bits per heavy atom. The lowest BCUT2D eigenvalue weighted by atomic mass is 10.00. The van der Waals surface area contributed by atoms with Gasteiger partial charge in [-0.15, -0.1) is 0 Å². The van der Waals surface area contributed by atoms with Gasteiger partial charge in [0.2, 0.25) is 5.78 Å². The largest absolute Gasteiger partial charge is 0.465 e. The number of carbonyl (C=O) groups excluding carboxylic acids is 3. The van der Waals surface area contributed by atoms with Gasteiger partial charge in [0.05, 0.1) is 17.2 Å². The van der Waals surface area contributed by atoms with Gasteiger partial charge >= 0.3 is 11.9 Å². The monoisotopic (exact) mass is 419 g/mol. The molecule has 2 aromatic rings. The molecule has 3 rings (SSSR count). The van der Waals surface area contributed by atoms with Gasteiger partial charge in [-0.1, -0.05) is 59.6 Å². The lowest BCUT2D eigenvalue weighted by Gasteiger charge is -2.11. The molecule has 1 heterocycles. The van der Waals surface area contributed by atoms with E-state index in [9.17, 15) is 14.4 Å². The predicted octanol–water partition coefficient (Wildman–Crippen LogP) is 3.32. The van der Waals surface area contributed by atoms with Crippen molar-refractivity contribution in [3.63, 3.8) is 0 Å². The quantitative estimate of drug-likeness (QED) is 0.571. The Hall–Kier alpha value is -2.83. The van der Waals surface area contributed by atoms with Crippen LogP contribution in [0, 0.1) is 0 Å². The molecule has 0 amide bonds. The normalized spacial score (nSPS) is 16.0. The molecule has 1 aliphatic rings. The van der Waals surface area contributed by atoms with Crippen LogP contribution in [0.15, 0.2) is 59.8 Å². The Kier molecular flexibility index (Phi) is 6.02. The van der Waals surface area contributed by atoms with Crippen molar-refractivity contribution in [2.24, 2.45) is 0 Å². The van der Waals surface area contributed by atoms with Crippen LogP contribution in [0.5, 0.6) is 0 Å². The highest BCUT2D eigenvalue weighted by Gasteiger charge is 2.43. The highest BCUT2D eigenvalue weighted by Crippen LogP contribution is 2.27. The van der Waals surface area contributed by atoms with Gasteiger partial charge in [-0.2, -0.15) is 0 Å². The van der Waals surface area contributed by atoms with E-state index < -0.39 is 23.8 Å². The number of hydrogen-bond acceptors (Lipinski definition) is 6. The standard InChI is InChI=1S/C20H15Cl2NO5/c1-27-19(25)15-16(23-10-11-7-8-13(21)14(22)9-11)20(26)28-18(15)17(24)12-5-3-2-4-6-12/h2-9,18,23H,10H2,1H3. The summed E-state index contributed by atoms with van der Waals surface area (Å²) in [6.45, 7) is 0.161. The average molecular weight is 420 g/mol. The summed E-state index contributed by atoms with van der Waals surface area (Å²) in [7, 11) is 1.17. The number of hydrogen-bond donors (Lipinski definition) is 1. The second-order valence-electron chi connectivity index (χ2n) is 5.90. The smallest absolute Gasteiger partial charge is 0.356 e. The average Bonchev–Trinajstić information content (AvgIpc) is 3.04. The first-order chi connectivity index (χ1) is 13.4. The minimum atomic E-state index is -1.38. The highest BCUT2D eigenvalue weighted by atomic mass is 35.5. The van der Waals surface area contributed by atoms with Crippen LogP contribution in [0.3, 0.4) is 0 Å². The molecule has 0 saturated carbocycles. The Morgan fingerprint density at radius 3 is 2.46 bits per heavy atom. The third kappa shape index (κ3) is 4.03.